The molecule has 3 rings (SSSR count). The average Bonchev–Trinajstić information content (AvgIpc) is 2.98. The molecule has 1 aliphatic rings. The first-order chi connectivity index (χ1) is 10.2. The summed E-state index contributed by atoms with van der Waals surface area (Å²) in [5, 5.41) is 14.8. The fourth-order valence-corrected chi connectivity index (χ4v) is 2.58. The van der Waals surface area contributed by atoms with Gasteiger partial charge in [-0.15, -0.1) is 5.10 Å². The van der Waals surface area contributed by atoms with Crippen LogP contribution in [0.5, 0.6) is 0 Å². The van der Waals surface area contributed by atoms with Crippen LogP contribution in [0.1, 0.15) is 30.3 Å². The molecule has 21 heavy (non-hydrogen) atoms. The van der Waals surface area contributed by atoms with Gasteiger partial charge in [-0.25, -0.2) is 0 Å². The molecular weight excluding hydrogens is 266 g/mol. The molecule has 2 unspecified atom stereocenters. The minimum Gasteiger partial charge on any atom is -0.348 e. The highest BCUT2D eigenvalue weighted by Gasteiger charge is 2.21. The van der Waals surface area contributed by atoms with E-state index in [4.69, 9.17) is 0 Å². The number of aromatic nitrogens is 3. The smallest absolute Gasteiger partial charge is 0.273 e. The van der Waals surface area contributed by atoms with Gasteiger partial charge in [0.25, 0.3) is 5.91 Å². The summed E-state index contributed by atoms with van der Waals surface area (Å²) in [6, 6.07) is 10.2. The van der Waals surface area contributed by atoms with Gasteiger partial charge in [-0.05, 0) is 38.4 Å². The summed E-state index contributed by atoms with van der Waals surface area (Å²) in [4.78, 5) is 13.7. The van der Waals surface area contributed by atoms with E-state index in [1.807, 2.05) is 30.3 Å². The molecule has 0 radical (unpaired) electrons. The molecule has 6 nitrogen and oxygen atoms in total. The van der Waals surface area contributed by atoms with E-state index in [1.165, 1.54) is 11.0 Å². The maximum Gasteiger partial charge on any atom is 0.273 e. The highest BCUT2D eigenvalue weighted by Crippen LogP contribution is 2.09. The fourth-order valence-electron chi connectivity index (χ4n) is 2.58. The average molecular weight is 285 g/mol. The van der Waals surface area contributed by atoms with Crippen LogP contribution in [0, 0.1) is 0 Å². The first-order valence-electron chi connectivity index (χ1n) is 7.24. The third kappa shape index (κ3) is 3.28. The summed E-state index contributed by atoms with van der Waals surface area (Å²) in [6.45, 7) is 3.06. The summed E-state index contributed by atoms with van der Waals surface area (Å²) in [7, 11) is 0. The van der Waals surface area contributed by atoms with Crippen LogP contribution >= 0.6 is 0 Å². The number of rotatable bonds is 3. The van der Waals surface area contributed by atoms with Crippen molar-refractivity contribution in [2.45, 2.75) is 31.8 Å². The van der Waals surface area contributed by atoms with Crippen LogP contribution in [0.3, 0.4) is 0 Å². The molecule has 1 aromatic carbocycles. The number of carbonyl (C=O) groups excluding carboxylic acids is 1. The molecule has 0 saturated carbocycles. The molecular formula is C15H19N5O. The lowest BCUT2D eigenvalue weighted by Crippen LogP contribution is -2.46. The molecule has 1 saturated heterocycles. The molecule has 6 heteroatoms. The summed E-state index contributed by atoms with van der Waals surface area (Å²) >= 11 is 0. The number of benzene rings is 1. The van der Waals surface area contributed by atoms with Gasteiger partial charge >= 0.3 is 0 Å². The zero-order chi connectivity index (χ0) is 14.7. The third-order valence-corrected chi connectivity index (χ3v) is 3.67. The van der Waals surface area contributed by atoms with Gasteiger partial charge < -0.3 is 10.6 Å². The van der Waals surface area contributed by atoms with Crippen molar-refractivity contribution in [1.82, 2.24) is 25.6 Å². The van der Waals surface area contributed by atoms with Gasteiger partial charge in [-0.1, -0.05) is 18.2 Å². The predicted octanol–water partition coefficient (Wildman–Crippen LogP) is 1.14. The first-order valence-corrected chi connectivity index (χ1v) is 7.24. The Morgan fingerprint density at radius 2 is 2.19 bits per heavy atom. The van der Waals surface area contributed by atoms with Gasteiger partial charge in [0.05, 0.1) is 11.9 Å². The standard InChI is InChI=1S/C15H19N5O/c1-11-9-12(7-8-16-11)18-15(21)14-10-17-20(19-14)13-5-3-2-4-6-13/h2-6,10-12,16H,7-9H2,1H3,(H,18,21). The zero-order valence-corrected chi connectivity index (χ0v) is 12.0. The van der Waals surface area contributed by atoms with Crippen LogP contribution in [0.4, 0.5) is 0 Å². The van der Waals surface area contributed by atoms with Crippen molar-refractivity contribution in [2.24, 2.45) is 0 Å². The molecule has 2 N–H and O–H groups in total. The lowest BCUT2D eigenvalue weighted by molar-refractivity contribution is 0.0920. The summed E-state index contributed by atoms with van der Waals surface area (Å²) in [5.74, 6) is -0.156. The number of piperidine rings is 1. The third-order valence-electron chi connectivity index (χ3n) is 3.67. The summed E-state index contributed by atoms with van der Waals surface area (Å²) in [5.41, 5.74) is 1.19. The molecule has 1 fully saturated rings. The van der Waals surface area contributed by atoms with Crippen molar-refractivity contribution in [3.63, 3.8) is 0 Å². The van der Waals surface area contributed by atoms with Gasteiger partial charge in [-0.2, -0.15) is 9.90 Å². The Hall–Kier alpha value is -2.21. The van der Waals surface area contributed by atoms with Crippen LogP contribution in [0.15, 0.2) is 36.5 Å². The minimum atomic E-state index is -0.156. The van der Waals surface area contributed by atoms with E-state index in [0.717, 1.165) is 25.1 Å². The lowest BCUT2D eigenvalue weighted by atomic mass is 10.0. The Labute approximate surface area is 123 Å². The molecule has 1 amide bonds. The number of hydrogen-bond acceptors (Lipinski definition) is 4. The predicted molar refractivity (Wildman–Crippen MR) is 79.3 cm³/mol. The van der Waals surface area contributed by atoms with Gasteiger partial charge in [0.2, 0.25) is 0 Å². The van der Waals surface area contributed by atoms with E-state index in [9.17, 15) is 4.79 Å². The Morgan fingerprint density at radius 3 is 2.95 bits per heavy atom. The maximum absolute atomic E-state index is 12.2. The Kier molecular flexibility index (Phi) is 3.96. The number of amides is 1. The maximum atomic E-state index is 12.2. The number of nitrogens with zero attached hydrogens (tertiary/aromatic N) is 3. The second-order valence-electron chi connectivity index (χ2n) is 5.40. The van der Waals surface area contributed by atoms with E-state index in [1.54, 1.807) is 0 Å². The highest BCUT2D eigenvalue weighted by atomic mass is 16.2. The van der Waals surface area contributed by atoms with Crippen molar-refractivity contribution < 1.29 is 4.79 Å². The monoisotopic (exact) mass is 285 g/mol. The molecule has 2 heterocycles. The fraction of sp³-hybridized carbons (Fsp3) is 0.400. The second kappa shape index (κ2) is 6.05. The van der Waals surface area contributed by atoms with Gasteiger partial charge in [-0.3, -0.25) is 4.79 Å². The van der Waals surface area contributed by atoms with Crippen LogP contribution in [-0.4, -0.2) is 39.5 Å². The minimum absolute atomic E-state index is 0.156. The Balaban J connectivity index is 1.67. The van der Waals surface area contributed by atoms with Crippen LogP contribution in [0.2, 0.25) is 0 Å². The van der Waals surface area contributed by atoms with Gasteiger partial charge in [0.1, 0.15) is 0 Å². The molecule has 0 bridgehead atoms. The van der Waals surface area contributed by atoms with Crippen molar-refractivity contribution in [3.05, 3.63) is 42.2 Å². The van der Waals surface area contributed by atoms with E-state index < -0.39 is 0 Å². The van der Waals surface area contributed by atoms with Crippen molar-refractivity contribution in [1.29, 1.82) is 0 Å². The van der Waals surface area contributed by atoms with Crippen molar-refractivity contribution in [2.75, 3.05) is 6.54 Å². The SMILES string of the molecule is CC1CC(NC(=O)c2cnn(-c3ccccc3)n2)CCN1. The summed E-state index contributed by atoms with van der Waals surface area (Å²) < 4.78 is 0. The van der Waals surface area contributed by atoms with E-state index >= 15 is 0 Å². The van der Waals surface area contributed by atoms with E-state index in [0.29, 0.717) is 11.7 Å². The quantitative estimate of drug-likeness (QED) is 0.887. The Bertz CT molecular complexity index is 610. The largest absolute Gasteiger partial charge is 0.348 e. The van der Waals surface area contributed by atoms with Crippen molar-refractivity contribution in [3.8, 4) is 5.69 Å². The number of hydrogen-bond donors (Lipinski definition) is 2. The molecule has 0 aliphatic carbocycles. The summed E-state index contributed by atoms with van der Waals surface area (Å²) in [6.07, 6.45) is 3.40. The molecule has 1 aliphatic heterocycles. The van der Waals surface area contributed by atoms with Gasteiger partial charge in [0, 0.05) is 12.1 Å². The van der Waals surface area contributed by atoms with Crippen molar-refractivity contribution >= 4 is 5.91 Å². The topological polar surface area (TPSA) is 71.8 Å². The van der Waals surface area contributed by atoms with Crippen LogP contribution in [0.25, 0.3) is 5.69 Å². The van der Waals surface area contributed by atoms with Gasteiger partial charge in [0.15, 0.2) is 5.69 Å². The van der Waals surface area contributed by atoms with E-state index in [2.05, 4.69) is 27.8 Å². The number of carbonyl (C=O) groups is 1. The molecule has 0 spiro atoms. The molecule has 2 atom stereocenters. The molecule has 2 aromatic rings. The molecule has 110 valence electrons. The van der Waals surface area contributed by atoms with Crippen LogP contribution < -0.4 is 10.6 Å². The number of nitrogens with one attached hydrogen (secondary N) is 2. The number of para-hydroxylation sites is 1. The second-order valence-corrected chi connectivity index (χ2v) is 5.40. The Morgan fingerprint density at radius 1 is 1.38 bits per heavy atom. The molecule has 1 aromatic heterocycles. The van der Waals surface area contributed by atoms with E-state index in [-0.39, 0.29) is 11.9 Å². The highest BCUT2D eigenvalue weighted by molar-refractivity contribution is 5.92. The first kappa shape index (κ1) is 13.8. The normalized spacial score (nSPS) is 22.0. The lowest BCUT2D eigenvalue weighted by Gasteiger charge is -2.28. The zero-order valence-electron chi connectivity index (χ0n) is 12.0. The van der Waals surface area contributed by atoms with Crippen LogP contribution in [-0.2, 0) is 0 Å².